The third kappa shape index (κ3) is 4.80. The highest BCUT2D eigenvalue weighted by Crippen LogP contribution is 2.40. The lowest BCUT2D eigenvalue weighted by atomic mass is 9.78. The Morgan fingerprint density at radius 3 is 2.33 bits per heavy atom. The molecule has 1 aliphatic heterocycles. The van der Waals surface area contributed by atoms with Crippen LogP contribution in [0.15, 0.2) is 54.6 Å². The summed E-state index contributed by atoms with van der Waals surface area (Å²) in [5.41, 5.74) is 0.127. The molecule has 2 aromatic rings. The number of Topliss-reactive ketones (excluding diaryl/α,β-unsaturated/α-hetero) is 1. The molecule has 0 aromatic heterocycles. The molecule has 1 saturated heterocycles. The highest BCUT2D eigenvalue weighted by molar-refractivity contribution is 6.42. The summed E-state index contributed by atoms with van der Waals surface area (Å²) in [4.78, 5) is 54.6. The van der Waals surface area contributed by atoms with Gasteiger partial charge in [0.2, 0.25) is 0 Å². The van der Waals surface area contributed by atoms with E-state index in [2.05, 4.69) is 0 Å². The summed E-state index contributed by atoms with van der Waals surface area (Å²) in [6.07, 6.45) is 3.98. The van der Waals surface area contributed by atoms with Gasteiger partial charge in [-0.3, -0.25) is 19.2 Å². The Bertz CT molecular complexity index is 1250. The number of fused-ring (bicyclic) bond motifs is 1. The molecule has 1 fully saturated rings. The molecule has 0 saturated carbocycles. The molecule has 2 aliphatic rings. The molecule has 0 radical (unpaired) electrons. The molecule has 0 N–H and O–H groups in total. The lowest BCUT2D eigenvalue weighted by Gasteiger charge is -2.36. The summed E-state index contributed by atoms with van der Waals surface area (Å²) >= 11 is 18.2. The van der Waals surface area contributed by atoms with Crippen molar-refractivity contribution in [1.29, 1.82) is 0 Å². The Kier molecular flexibility index (Phi) is 7.83. The Morgan fingerprint density at radius 2 is 1.72 bits per heavy atom. The van der Waals surface area contributed by atoms with Gasteiger partial charge in [-0.25, -0.2) is 9.40 Å². The van der Waals surface area contributed by atoms with Crippen LogP contribution in [0.3, 0.4) is 0 Å². The maximum Gasteiger partial charge on any atom is 0.273 e. The van der Waals surface area contributed by atoms with Gasteiger partial charge in [0.15, 0.2) is 5.78 Å². The van der Waals surface area contributed by atoms with Crippen LogP contribution < -0.4 is 0 Å². The molecule has 188 valence electrons. The number of nitrogens with zero attached hydrogens (tertiary/aromatic N) is 2. The lowest BCUT2D eigenvalue weighted by Crippen LogP contribution is -2.57. The molecule has 0 spiro atoms. The second kappa shape index (κ2) is 10.7. The molecule has 0 unspecified atom stereocenters. The van der Waals surface area contributed by atoms with Crippen molar-refractivity contribution in [3.8, 4) is 0 Å². The molecule has 3 amide bonds. The number of hydrogen-bond donors (Lipinski definition) is 0. The van der Waals surface area contributed by atoms with E-state index in [4.69, 9.17) is 34.8 Å². The Morgan fingerprint density at radius 1 is 1.06 bits per heavy atom. The van der Waals surface area contributed by atoms with Crippen molar-refractivity contribution in [2.75, 3.05) is 5.88 Å². The number of rotatable bonds is 7. The quantitative estimate of drug-likeness (QED) is 0.195. The van der Waals surface area contributed by atoms with Crippen molar-refractivity contribution in [1.82, 2.24) is 10.0 Å². The van der Waals surface area contributed by atoms with Crippen LogP contribution in [0.1, 0.15) is 40.5 Å². The molecule has 10 heteroatoms. The Labute approximate surface area is 222 Å². The van der Waals surface area contributed by atoms with E-state index in [0.717, 1.165) is 22.2 Å². The third-order valence-electron chi connectivity index (χ3n) is 6.55. The van der Waals surface area contributed by atoms with Crippen LogP contribution in [-0.2, 0) is 9.59 Å². The number of hydrazine groups is 1. The first-order valence-electron chi connectivity index (χ1n) is 11.3. The van der Waals surface area contributed by atoms with Crippen LogP contribution in [0.25, 0.3) is 0 Å². The second-order valence-electron chi connectivity index (χ2n) is 8.79. The number of halogens is 4. The van der Waals surface area contributed by atoms with Gasteiger partial charge >= 0.3 is 0 Å². The van der Waals surface area contributed by atoms with E-state index < -0.39 is 47.2 Å². The van der Waals surface area contributed by atoms with Crippen LogP contribution in [-0.4, -0.2) is 45.4 Å². The number of alkyl halides is 1. The van der Waals surface area contributed by atoms with Crippen molar-refractivity contribution in [2.24, 2.45) is 17.8 Å². The van der Waals surface area contributed by atoms with Gasteiger partial charge in [-0.05, 0) is 61.2 Å². The first-order valence-corrected chi connectivity index (χ1v) is 12.6. The maximum atomic E-state index is 13.9. The zero-order chi connectivity index (χ0) is 26.1. The zero-order valence-corrected chi connectivity index (χ0v) is 21.4. The summed E-state index contributed by atoms with van der Waals surface area (Å²) in [7, 11) is 0. The van der Waals surface area contributed by atoms with Crippen molar-refractivity contribution in [3.63, 3.8) is 0 Å². The van der Waals surface area contributed by atoms with Gasteiger partial charge in [0.05, 0.1) is 21.9 Å². The van der Waals surface area contributed by atoms with Gasteiger partial charge < -0.3 is 0 Å². The normalized spacial score (nSPS) is 21.9. The third-order valence-corrected chi connectivity index (χ3v) is 7.51. The molecule has 4 rings (SSSR count). The van der Waals surface area contributed by atoms with Gasteiger partial charge in [0.1, 0.15) is 11.9 Å². The van der Waals surface area contributed by atoms with Crippen LogP contribution in [0.4, 0.5) is 4.39 Å². The lowest BCUT2D eigenvalue weighted by molar-refractivity contribution is -0.156. The van der Waals surface area contributed by atoms with E-state index in [1.165, 1.54) is 30.3 Å². The molecule has 4 atom stereocenters. The summed E-state index contributed by atoms with van der Waals surface area (Å²) in [5.74, 6) is -4.66. The Balaban J connectivity index is 1.83. The highest BCUT2D eigenvalue weighted by Gasteiger charge is 2.54. The van der Waals surface area contributed by atoms with E-state index in [-0.39, 0.29) is 39.4 Å². The second-order valence-corrected chi connectivity index (χ2v) is 9.98. The minimum atomic E-state index is -1.31. The largest absolute Gasteiger partial charge is 0.292 e. The molecule has 6 nitrogen and oxygen atoms in total. The van der Waals surface area contributed by atoms with Gasteiger partial charge in [0, 0.05) is 17.0 Å². The van der Waals surface area contributed by atoms with E-state index in [9.17, 15) is 23.6 Å². The number of carbonyl (C=O) groups is 4. The fourth-order valence-electron chi connectivity index (χ4n) is 4.75. The molecule has 2 aromatic carbocycles. The SMILES string of the molecule is C[C@@H]1C=CC[C@@H]2C(=O)N(N(C(=O)c3ccc(Cl)c(Cl)c3)[C@@H](CCCl)C(=O)c3ccc(F)cc3)C(=O)[C@@H]12. The van der Waals surface area contributed by atoms with E-state index >= 15 is 0 Å². The van der Waals surface area contributed by atoms with E-state index in [0.29, 0.717) is 6.42 Å². The summed E-state index contributed by atoms with van der Waals surface area (Å²) < 4.78 is 13.5. The summed E-state index contributed by atoms with van der Waals surface area (Å²) in [6, 6.07) is 7.58. The average molecular weight is 552 g/mol. The zero-order valence-electron chi connectivity index (χ0n) is 19.2. The number of ketones is 1. The molecule has 1 aliphatic carbocycles. The van der Waals surface area contributed by atoms with Crippen LogP contribution >= 0.6 is 34.8 Å². The predicted octanol–water partition coefficient (Wildman–Crippen LogP) is 5.57. The number of allylic oxidation sites excluding steroid dienone is 2. The maximum absolute atomic E-state index is 13.9. The highest BCUT2D eigenvalue weighted by atomic mass is 35.5. The monoisotopic (exact) mass is 550 g/mol. The van der Waals surface area contributed by atoms with Crippen molar-refractivity contribution in [3.05, 3.63) is 81.6 Å². The van der Waals surface area contributed by atoms with Crippen LogP contribution in [0, 0.1) is 23.6 Å². The minimum Gasteiger partial charge on any atom is -0.292 e. The molecular weight excluding hydrogens is 530 g/mol. The number of hydrogen-bond acceptors (Lipinski definition) is 4. The van der Waals surface area contributed by atoms with E-state index in [1.54, 1.807) is 0 Å². The number of benzene rings is 2. The van der Waals surface area contributed by atoms with Gasteiger partial charge in [-0.15, -0.1) is 11.6 Å². The smallest absolute Gasteiger partial charge is 0.273 e. The minimum absolute atomic E-state index is 0.0255. The van der Waals surface area contributed by atoms with Gasteiger partial charge in [0.25, 0.3) is 17.7 Å². The average Bonchev–Trinajstić information content (AvgIpc) is 3.11. The molecule has 36 heavy (non-hydrogen) atoms. The fourth-order valence-corrected chi connectivity index (χ4v) is 5.26. The molecule has 0 bridgehead atoms. The van der Waals surface area contributed by atoms with Gasteiger partial charge in [-0.2, -0.15) is 5.01 Å². The van der Waals surface area contributed by atoms with Gasteiger partial charge in [-0.1, -0.05) is 42.3 Å². The van der Waals surface area contributed by atoms with Crippen molar-refractivity contribution < 1.29 is 23.6 Å². The number of carbonyl (C=O) groups excluding carboxylic acids is 4. The Hall–Kier alpha value is -2.74. The topological polar surface area (TPSA) is 74.8 Å². The summed E-state index contributed by atoms with van der Waals surface area (Å²) in [5, 5.41) is 1.98. The predicted molar refractivity (Wildman–Crippen MR) is 134 cm³/mol. The standard InChI is InChI=1S/C26H22Cl3FN2O4/c1-14-3-2-4-18-22(14)26(36)32(25(18)35)31(24(34)16-7-10-19(28)20(29)13-16)21(11-12-27)23(33)15-5-8-17(30)9-6-15/h2-3,5-10,13-14,18,21-22H,4,11-12H2,1H3/t14-,18+,21+,22+/m1/s1. The van der Waals surface area contributed by atoms with Crippen molar-refractivity contribution >= 4 is 58.3 Å². The molecular formula is C26H22Cl3FN2O4. The first kappa shape index (κ1) is 26.3. The van der Waals surface area contributed by atoms with Crippen molar-refractivity contribution in [2.45, 2.75) is 25.8 Å². The first-order chi connectivity index (χ1) is 17.1. The van der Waals surface area contributed by atoms with Crippen LogP contribution in [0.5, 0.6) is 0 Å². The van der Waals surface area contributed by atoms with Crippen LogP contribution in [0.2, 0.25) is 10.0 Å². The molecule has 1 heterocycles. The summed E-state index contributed by atoms with van der Waals surface area (Å²) in [6.45, 7) is 1.83. The number of amides is 3. The number of imide groups is 1. The fraction of sp³-hybridized carbons (Fsp3) is 0.308. The van der Waals surface area contributed by atoms with E-state index in [1.807, 2.05) is 19.1 Å².